The maximum atomic E-state index is 4.43. The number of pyridine rings is 1. The van der Waals surface area contributed by atoms with Gasteiger partial charge in [-0.1, -0.05) is 22.0 Å². The second kappa shape index (κ2) is 7.00. The summed E-state index contributed by atoms with van der Waals surface area (Å²) in [6.45, 7) is 0.586. The lowest BCUT2D eigenvalue weighted by Crippen LogP contribution is -2.05. The molecule has 0 aliphatic heterocycles. The van der Waals surface area contributed by atoms with Gasteiger partial charge in [0.1, 0.15) is 5.82 Å². The number of nitrogens with zero attached hydrogens (tertiary/aromatic N) is 3. The second-order valence-electron chi connectivity index (χ2n) is 4.57. The summed E-state index contributed by atoms with van der Waals surface area (Å²) in [5, 5.41) is 6.41. The minimum absolute atomic E-state index is 0.563. The first-order valence-corrected chi connectivity index (χ1v) is 7.58. The standard InChI is InChI=1S/C16H14BrN5/c17-12-4-6-13(7-5-12)21-15-8-10-19-16(22-15)20-11-14-3-1-2-9-18-14/h1-10H,11H2,(H2,19,20,21,22). The predicted molar refractivity (Wildman–Crippen MR) is 91.0 cm³/mol. The molecule has 6 heteroatoms. The van der Waals surface area contributed by atoms with Crippen LogP contribution in [0.25, 0.3) is 0 Å². The Labute approximate surface area is 137 Å². The van der Waals surface area contributed by atoms with E-state index >= 15 is 0 Å². The fourth-order valence-electron chi connectivity index (χ4n) is 1.87. The van der Waals surface area contributed by atoms with Crippen LogP contribution in [0.1, 0.15) is 5.69 Å². The smallest absolute Gasteiger partial charge is 0.224 e. The van der Waals surface area contributed by atoms with Crippen molar-refractivity contribution >= 4 is 33.4 Å². The van der Waals surface area contributed by atoms with Gasteiger partial charge in [-0.2, -0.15) is 4.98 Å². The van der Waals surface area contributed by atoms with Gasteiger partial charge < -0.3 is 10.6 Å². The molecule has 22 heavy (non-hydrogen) atoms. The molecular formula is C16H14BrN5. The van der Waals surface area contributed by atoms with E-state index in [1.54, 1.807) is 12.4 Å². The van der Waals surface area contributed by atoms with Crippen molar-refractivity contribution in [3.8, 4) is 0 Å². The van der Waals surface area contributed by atoms with E-state index in [4.69, 9.17) is 0 Å². The highest BCUT2D eigenvalue weighted by molar-refractivity contribution is 9.10. The van der Waals surface area contributed by atoms with Crippen LogP contribution in [0.15, 0.2) is 65.4 Å². The van der Waals surface area contributed by atoms with Crippen molar-refractivity contribution in [3.63, 3.8) is 0 Å². The Morgan fingerprint density at radius 3 is 2.55 bits per heavy atom. The second-order valence-corrected chi connectivity index (χ2v) is 5.49. The Bertz CT molecular complexity index is 731. The summed E-state index contributed by atoms with van der Waals surface area (Å²) in [5.74, 6) is 1.30. The van der Waals surface area contributed by atoms with Gasteiger partial charge in [0.05, 0.1) is 12.2 Å². The molecule has 0 unspecified atom stereocenters. The van der Waals surface area contributed by atoms with Crippen LogP contribution in [0.2, 0.25) is 0 Å². The molecular weight excluding hydrogens is 342 g/mol. The van der Waals surface area contributed by atoms with E-state index in [0.717, 1.165) is 21.7 Å². The van der Waals surface area contributed by atoms with Crippen LogP contribution in [-0.4, -0.2) is 15.0 Å². The highest BCUT2D eigenvalue weighted by Gasteiger charge is 2.01. The Hall–Kier alpha value is -2.47. The molecule has 0 saturated heterocycles. The van der Waals surface area contributed by atoms with Gasteiger partial charge in [0.25, 0.3) is 0 Å². The van der Waals surface area contributed by atoms with Gasteiger partial charge in [-0.3, -0.25) is 4.98 Å². The normalized spacial score (nSPS) is 10.2. The Morgan fingerprint density at radius 1 is 0.909 bits per heavy atom. The number of hydrogen-bond donors (Lipinski definition) is 2. The number of nitrogens with one attached hydrogen (secondary N) is 2. The molecule has 0 saturated carbocycles. The fourth-order valence-corrected chi connectivity index (χ4v) is 2.13. The Morgan fingerprint density at radius 2 is 1.77 bits per heavy atom. The molecule has 0 amide bonds. The van der Waals surface area contributed by atoms with Gasteiger partial charge in [0.2, 0.25) is 5.95 Å². The summed E-state index contributed by atoms with van der Waals surface area (Å²) in [4.78, 5) is 12.9. The molecule has 1 aromatic carbocycles. The van der Waals surface area contributed by atoms with Gasteiger partial charge in [0, 0.05) is 22.6 Å². The van der Waals surface area contributed by atoms with Crippen molar-refractivity contribution < 1.29 is 0 Å². The number of anilines is 3. The summed E-state index contributed by atoms with van der Waals surface area (Å²) in [6, 6.07) is 15.5. The van der Waals surface area contributed by atoms with Crippen LogP contribution >= 0.6 is 15.9 Å². The SMILES string of the molecule is Brc1ccc(Nc2ccnc(NCc3ccccn3)n2)cc1. The first-order chi connectivity index (χ1) is 10.8. The Balaban J connectivity index is 1.66. The fraction of sp³-hybridized carbons (Fsp3) is 0.0625. The van der Waals surface area contributed by atoms with Gasteiger partial charge >= 0.3 is 0 Å². The van der Waals surface area contributed by atoms with Gasteiger partial charge in [0.15, 0.2) is 0 Å². The predicted octanol–water partition coefficient (Wildman–Crippen LogP) is 3.99. The van der Waals surface area contributed by atoms with Crippen molar-refractivity contribution in [2.24, 2.45) is 0 Å². The topological polar surface area (TPSA) is 62.7 Å². The molecule has 0 bridgehead atoms. The summed E-state index contributed by atoms with van der Waals surface area (Å²) in [7, 11) is 0. The van der Waals surface area contributed by atoms with E-state index in [1.807, 2.05) is 48.5 Å². The first kappa shape index (κ1) is 14.5. The monoisotopic (exact) mass is 355 g/mol. The van der Waals surface area contributed by atoms with Gasteiger partial charge in [-0.15, -0.1) is 0 Å². The molecule has 3 aromatic rings. The first-order valence-electron chi connectivity index (χ1n) is 6.79. The third kappa shape index (κ3) is 4.02. The van der Waals surface area contributed by atoms with Crippen molar-refractivity contribution in [1.82, 2.24) is 15.0 Å². The molecule has 0 spiro atoms. The molecule has 110 valence electrons. The van der Waals surface area contributed by atoms with E-state index < -0.39 is 0 Å². The van der Waals surface area contributed by atoms with Crippen molar-refractivity contribution in [2.75, 3.05) is 10.6 Å². The van der Waals surface area contributed by atoms with E-state index in [0.29, 0.717) is 12.5 Å². The van der Waals surface area contributed by atoms with Crippen LogP contribution in [0.4, 0.5) is 17.5 Å². The third-order valence-electron chi connectivity index (χ3n) is 2.93. The van der Waals surface area contributed by atoms with Crippen LogP contribution in [0, 0.1) is 0 Å². The number of benzene rings is 1. The molecule has 0 aliphatic carbocycles. The maximum Gasteiger partial charge on any atom is 0.224 e. The van der Waals surface area contributed by atoms with Crippen LogP contribution in [0.5, 0.6) is 0 Å². The maximum absolute atomic E-state index is 4.43. The molecule has 0 radical (unpaired) electrons. The van der Waals surface area contributed by atoms with E-state index in [9.17, 15) is 0 Å². The van der Waals surface area contributed by atoms with Crippen molar-refractivity contribution in [3.05, 3.63) is 71.1 Å². The molecule has 0 fully saturated rings. The highest BCUT2D eigenvalue weighted by Crippen LogP contribution is 2.18. The lowest BCUT2D eigenvalue weighted by atomic mass is 10.3. The molecule has 2 N–H and O–H groups in total. The number of aromatic nitrogens is 3. The van der Waals surface area contributed by atoms with E-state index in [2.05, 4.69) is 41.5 Å². The molecule has 0 aliphatic rings. The summed E-state index contributed by atoms with van der Waals surface area (Å²) >= 11 is 3.42. The highest BCUT2D eigenvalue weighted by atomic mass is 79.9. The summed E-state index contributed by atoms with van der Waals surface area (Å²) in [6.07, 6.45) is 3.48. The van der Waals surface area contributed by atoms with Crippen molar-refractivity contribution in [1.29, 1.82) is 0 Å². The number of hydrogen-bond acceptors (Lipinski definition) is 5. The zero-order valence-corrected chi connectivity index (χ0v) is 13.3. The lowest BCUT2D eigenvalue weighted by molar-refractivity contribution is 1.00. The average molecular weight is 356 g/mol. The largest absolute Gasteiger partial charge is 0.349 e. The summed E-state index contributed by atoms with van der Waals surface area (Å²) < 4.78 is 1.04. The zero-order chi connectivity index (χ0) is 15.2. The van der Waals surface area contributed by atoms with Crippen LogP contribution in [0.3, 0.4) is 0 Å². The van der Waals surface area contributed by atoms with Crippen LogP contribution in [-0.2, 0) is 6.54 Å². The third-order valence-corrected chi connectivity index (χ3v) is 3.45. The Kier molecular flexibility index (Phi) is 4.60. The van der Waals surface area contributed by atoms with Crippen LogP contribution < -0.4 is 10.6 Å². The van der Waals surface area contributed by atoms with Crippen molar-refractivity contribution in [2.45, 2.75) is 6.54 Å². The molecule has 5 nitrogen and oxygen atoms in total. The lowest BCUT2D eigenvalue weighted by Gasteiger charge is -2.08. The molecule has 0 atom stereocenters. The van der Waals surface area contributed by atoms with Gasteiger partial charge in [-0.05, 0) is 42.5 Å². The van der Waals surface area contributed by atoms with Gasteiger partial charge in [-0.25, -0.2) is 4.98 Å². The molecule has 3 rings (SSSR count). The summed E-state index contributed by atoms with van der Waals surface area (Å²) in [5.41, 5.74) is 1.91. The van der Waals surface area contributed by atoms with E-state index in [-0.39, 0.29) is 0 Å². The molecule has 2 heterocycles. The minimum atomic E-state index is 0.563. The number of halogens is 1. The molecule has 2 aromatic heterocycles. The van der Waals surface area contributed by atoms with E-state index in [1.165, 1.54) is 0 Å². The minimum Gasteiger partial charge on any atom is -0.349 e. The average Bonchev–Trinajstić information content (AvgIpc) is 2.57. The quantitative estimate of drug-likeness (QED) is 0.724. The zero-order valence-electron chi connectivity index (χ0n) is 11.7. The number of rotatable bonds is 5.